The maximum atomic E-state index is 12.8. The minimum Gasteiger partial charge on any atom is -0.399 e. The zero-order valence-electron chi connectivity index (χ0n) is 14.6. The average Bonchev–Trinajstić information content (AvgIpc) is 2.85. The van der Waals surface area contributed by atoms with Gasteiger partial charge in [-0.25, -0.2) is 0 Å². The van der Waals surface area contributed by atoms with Gasteiger partial charge in [-0.15, -0.1) is 12.4 Å². The molecule has 0 saturated carbocycles. The minimum absolute atomic E-state index is 0. The van der Waals surface area contributed by atoms with E-state index < -0.39 is 10.2 Å². The molecule has 3 rings (SSSR count). The van der Waals surface area contributed by atoms with E-state index in [1.54, 1.807) is 8.61 Å². The Morgan fingerprint density at radius 2 is 1.48 bits per heavy atom. The van der Waals surface area contributed by atoms with Crippen LogP contribution in [0, 0.1) is 0 Å². The molecule has 6 nitrogen and oxygen atoms in total. The lowest BCUT2D eigenvalue weighted by Crippen LogP contribution is -2.52. The van der Waals surface area contributed by atoms with E-state index in [0.29, 0.717) is 26.2 Å². The molecule has 25 heavy (non-hydrogen) atoms. The summed E-state index contributed by atoms with van der Waals surface area (Å²) in [6, 6.07) is 7.90. The summed E-state index contributed by atoms with van der Waals surface area (Å²) in [5.74, 6) is 0. The zero-order chi connectivity index (χ0) is 17.0. The number of anilines is 1. The molecule has 0 radical (unpaired) electrons. The van der Waals surface area contributed by atoms with Crippen LogP contribution >= 0.6 is 12.4 Å². The zero-order valence-corrected chi connectivity index (χ0v) is 16.3. The molecule has 0 bridgehead atoms. The van der Waals surface area contributed by atoms with Crippen LogP contribution in [0.5, 0.6) is 0 Å². The van der Waals surface area contributed by atoms with Gasteiger partial charge < -0.3 is 5.73 Å². The lowest BCUT2D eigenvalue weighted by atomic mass is 10.2. The van der Waals surface area contributed by atoms with Crippen molar-refractivity contribution in [3.63, 3.8) is 0 Å². The molecule has 0 spiro atoms. The number of halogens is 1. The Bertz CT molecular complexity index is 640. The highest BCUT2D eigenvalue weighted by molar-refractivity contribution is 7.86. The number of nitrogen functional groups attached to an aromatic ring is 1. The van der Waals surface area contributed by atoms with Gasteiger partial charge in [0.1, 0.15) is 0 Å². The van der Waals surface area contributed by atoms with Crippen LogP contribution in [0.25, 0.3) is 0 Å². The van der Waals surface area contributed by atoms with Crippen molar-refractivity contribution in [3.05, 3.63) is 29.8 Å². The highest BCUT2D eigenvalue weighted by Crippen LogP contribution is 2.19. The van der Waals surface area contributed by atoms with Gasteiger partial charge in [-0.3, -0.25) is 4.90 Å². The van der Waals surface area contributed by atoms with Crippen molar-refractivity contribution in [2.45, 2.75) is 32.2 Å². The van der Waals surface area contributed by atoms with Gasteiger partial charge in [0.25, 0.3) is 10.2 Å². The summed E-state index contributed by atoms with van der Waals surface area (Å²) in [7, 11) is -3.29. The number of rotatable bonds is 4. The van der Waals surface area contributed by atoms with E-state index in [1.807, 2.05) is 18.2 Å². The van der Waals surface area contributed by atoms with Crippen LogP contribution in [0.2, 0.25) is 0 Å². The van der Waals surface area contributed by atoms with E-state index >= 15 is 0 Å². The fourth-order valence-corrected chi connectivity index (χ4v) is 5.17. The van der Waals surface area contributed by atoms with E-state index in [4.69, 9.17) is 5.73 Å². The molecule has 1 aromatic rings. The van der Waals surface area contributed by atoms with Gasteiger partial charge >= 0.3 is 0 Å². The van der Waals surface area contributed by atoms with Crippen LogP contribution in [0.3, 0.4) is 0 Å². The van der Waals surface area contributed by atoms with Crippen LogP contribution in [-0.4, -0.2) is 61.2 Å². The van der Waals surface area contributed by atoms with Gasteiger partial charge in [0.05, 0.1) is 0 Å². The third-order valence-corrected chi connectivity index (χ3v) is 6.94. The number of benzene rings is 1. The number of nitrogens with zero attached hydrogens (tertiary/aromatic N) is 3. The first-order chi connectivity index (χ1) is 11.6. The maximum Gasteiger partial charge on any atom is 0.282 e. The predicted octanol–water partition coefficient (Wildman–Crippen LogP) is 1.93. The standard InChI is InChI=1S/C17H28N4O2S.ClH/c18-17-7-5-6-16(14-17)15-19-10-12-21(13-11-19)24(22,23)20-8-3-1-2-4-9-20;/h5-7,14H,1-4,8-13,15,18H2;1H. The molecule has 0 aromatic heterocycles. The SMILES string of the molecule is Cl.Nc1cccc(CN2CCN(S(=O)(=O)N3CCCCCC3)CC2)c1. The highest BCUT2D eigenvalue weighted by Gasteiger charge is 2.32. The fourth-order valence-electron chi connectivity index (χ4n) is 3.50. The summed E-state index contributed by atoms with van der Waals surface area (Å²) in [6.45, 7) is 4.84. The number of hydrogen-bond donors (Lipinski definition) is 1. The topological polar surface area (TPSA) is 69.9 Å². The molecule has 2 N–H and O–H groups in total. The van der Waals surface area contributed by atoms with Crippen molar-refractivity contribution in [2.24, 2.45) is 0 Å². The van der Waals surface area contributed by atoms with E-state index in [-0.39, 0.29) is 12.4 Å². The number of piperazine rings is 1. The molecule has 2 aliphatic heterocycles. The number of nitrogens with two attached hydrogens (primary N) is 1. The first-order valence-corrected chi connectivity index (χ1v) is 10.3. The Balaban J connectivity index is 0.00000225. The Kier molecular flexibility index (Phi) is 7.51. The number of hydrogen-bond acceptors (Lipinski definition) is 4. The smallest absolute Gasteiger partial charge is 0.282 e. The van der Waals surface area contributed by atoms with E-state index in [9.17, 15) is 8.42 Å². The van der Waals surface area contributed by atoms with Crippen molar-refractivity contribution in [1.82, 2.24) is 13.5 Å². The van der Waals surface area contributed by atoms with Crippen molar-refractivity contribution in [2.75, 3.05) is 45.0 Å². The summed E-state index contributed by atoms with van der Waals surface area (Å²) in [5, 5.41) is 0. The van der Waals surface area contributed by atoms with Crippen molar-refractivity contribution in [3.8, 4) is 0 Å². The van der Waals surface area contributed by atoms with Gasteiger partial charge in [0.15, 0.2) is 0 Å². The molecule has 142 valence electrons. The lowest BCUT2D eigenvalue weighted by Gasteiger charge is -2.36. The molecule has 2 aliphatic rings. The molecular weight excluding hydrogens is 360 g/mol. The van der Waals surface area contributed by atoms with Gasteiger partial charge in [0.2, 0.25) is 0 Å². The predicted molar refractivity (Wildman–Crippen MR) is 104 cm³/mol. The third kappa shape index (κ3) is 5.31. The van der Waals surface area contributed by atoms with Crippen LogP contribution in [0.4, 0.5) is 5.69 Å². The maximum absolute atomic E-state index is 12.8. The van der Waals surface area contributed by atoms with Gasteiger partial charge in [-0.1, -0.05) is 25.0 Å². The summed E-state index contributed by atoms with van der Waals surface area (Å²) < 4.78 is 29.0. The molecular formula is C17H29ClN4O2S. The Hall–Kier alpha value is -0.860. The fraction of sp³-hybridized carbons (Fsp3) is 0.647. The first-order valence-electron chi connectivity index (χ1n) is 8.88. The minimum atomic E-state index is -3.29. The second-order valence-electron chi connectivity index (χ2n) is 6.74. The van der Waals surface area contributed by atoms with Crippen LogP contribution in [0.1, 0.15) is 31.2 Å². The van der Waals surface area contributed by atoms with Crippen molar-refractivity contribution in [1.29, 1.82) is 0 Å². The molecule has 2 saturated heterocycles. The summed E-state index contributed by atoms with van der Waals surface area (Å²) >= 11 is 0. The normalized spacial score (nSPS) is 21.4. The monoisotopic (exact) mass is 388 g/mol. The molecule has 2 heterocycles. The quantitative estimate of drug-likeness (QED) is 0.800. The van der Waals surface area contributed by atoms with E-state index in [0.717, 1.165) is 51.0 Å². The van der Waals surface area contributed by atoms with E-state index in [2.05, 4.69) is 11.0 Å². The summed E-state index contributed by atoms with van der Waals surface area (Å²) in [4.78, 5) is 2.29. The van der Waals surface area contributed by atoms with Crippen molar-refractivity contribution >= 4 is 28.3 Å². The Morgan fingerprint density at radius 1 is 0.880 bits per heavy atom. The van der Waals surface area contributed by atoms with Crippen LogP contribution in [0.15, 0.2) is 24.3 Å². The Labute approximate surface area is 157 Å². The summed E-state index contributed by atoms with van der Waals surface area (Å²) in [5.41, 5.74) is 7.78. The lowest BCUT2D eigenvalue weighted by molar-refractivity contribution is 0.175. The van der Waals surface area contributed by atoms with Gasteiger partial charge in [-0.2, -0.15) is 17.0 Å². The van der Waals surface area contributed by atoms with Crippen LogP contribution in [-0.2, 0) is 16.8 Å². The second kappa shape index (κ2) is 9.19. The highest BCUT2D eigenvalue weighted by atomic mass is 35.5. The molecule has 0 atom stereocenters. The Morgan fingerprint density at radius 3 is 2.08 bits per heavy atom. The molecule has 0 amide bonds. The largest absolute Gasteiger partial charge is 0.399 e. The van der Waals surface area contributed by atoms with Gasteiger partial charge in [-0.05, 0) is 30.5 Å². The molecule has 0 unspecified atom stereocenters. The third-order valence-electron chi connectivity index (χ3n) is 4.91. The summed E-state index contributed by atoms with van der Waals surface area (Å²) in [6.07, 6.45) is 4.24. The average molecular weight is 389 g/mol. The van der Waals surface area contributed by atoms with Crippen LogP contribution < -0.4 is 5.73 Å². The second-order valence-corrected chi connectivity index (χ2v) is 8.67. The van der Waals surface area contributed by atoms with Gasteiger partial charge in [0, 0.05) is 51.5 Å². The molecule has 8 heteroatoms. The molecule has 0 aliphatic carbocycles. The van der Waals surface area contributed by atoms with Crippen molar-refractivity contribution < 1.29 is 8.42 Å². The van der Waals surface area contributed by atoms with E-state index in [1.165, 1.54) is 5.56 Å². The molecule has 1 aromatic carbocycles. The molecule has 2 fully saturated rings. The first kappa shape index (κ1) is 20.5.